The minimum atomic E-state index is -1.31. The minimum Gasteiger partial charge on any atom is -0.368 e. The molecule has 3 aromatic rings. The molecule has 1 aromatic carbocycles. The van der Waals surface area contributed by atoms with Crippen LogP contribution in [0.5, 0.6) is 0 Å². The number of fused-ring (bicyclic) bond motifs is 1. The number of halogens is 1. The molecule has 138 valence electrons. The Balaban J connectivity index is 2.13. The fourth-order valence-corrected chi connectivity index (χ4v) is 3.66. The molecule has 2 aromatic heterocycles. The number of H-pyrrole nitrogens is 1. The Morgan fingerprint density at radius 1 is 1.23 bits per heavy atom. The molecule has 26 heavy (non-hydrogen) atoms. The maximum atomic E-state index is 12.5. The van der Waals surface area contributed by atoms with Crippen LogP contribution in [0.25, 0.3) is 11.2 Å². The van der Waals surface area contributed by atoms with Gasteiger partial charge in [-0.2, -0.15) is 0 Å². The van der Waals surface area contributed by atoms with Crippen molar-refractivity contribution in [3.63, 3.8) is 0 Å². The van der Waals surface area contributed by atoms with Gasteiger partial charge in [0.25, 0.3) is 0 Å². The lowest BCUT2D eigenvalue weighted by atomic mass is 10.2. The average molecular weight is 394 g/mol. The van der Waals surface area contributed by atoms with Crippen molar-refractivity contribution >= 4 is 39.4 Å². The van der Waals surface area contributed by atoms with Crippen LogP contribution in [-0.4, -0.2) is 36.0 Å². The number of rotatable bonds is 7. The SMILES string of the molecule is CCCS(=O)c1nc(NCC)c2[nH]c(=O)n(Cc3ccc(Cl)cc3)c2n1. The van der Waals surface area contributed by atoms with E-state index in [-0.39, 0.29) is 10.8 Å². The Hall–Kier alpha value is -2.19. The highest BCUT2D eigenvalue weighted by Gasteiger charge is 2.18. The number of benzene rings is 1. The van der Waals surface area contributed by atoms with E-state index in [1.165, 1.54) is 4.57 Å². The largest absolute Gasteiger partial charge is 0.368 e. The third-order valence-electron chi connectivity index (χ3n) is 3.79. The first-order chi connectivity index (χ1) is 12.5. The third kappa shape index (κ3) is 3.81. The van der Waals surface area contributed by atoms with E-state index in [9.17, 15) is 9.00 Å². The van der Waals surface area contributed by atoms with Crippen LogP contribution in [0.15, 0.2) is 34.2 Å². The van der Waals surface area contributed by atoms with Gasteiger partial charge in [0.1, 0.15) is 5.52 Å². The first-order valence-corrected chi connectivity index (χ1v) is 10.1. The summed E-state index contributed by atoms with van der Waals surface area (Å²) in [4.78, 5) is 24.1. The van der Waals surface area contributed by atoms with Crippen LogP contribution >= 0.6 is 11.6 Å². The van der Waals surface area contributed by atoms with Crippen molar-refractivity contribution in [1.29, 1.82) is 0 Å². The van der Waals surface area contributed by atoms with E-state index >= 15 is 0 Å². The average Bonchev–Trinajstić information content (AvgIpc) is 2.93. The lowest BCUT2D eigenvalue weighted by Gasteiger charge is -2.08. The molecule has 2 N–H and O–H groups in total. The van der Waals surface area contributed by atoms with Crippen LogP contribution in [-0.2, 0) is 17.3 Å². The van der Waals surface area contributed by atoms with Crippen molar-refractivity contribution in [2.24, 2.45) is 0 Å². The van der Waals surface area contributed by atoms with Crippen LogP contribution in [0.4, 0.5) is 5.82 Å². The summed E-state index contributed by atoms with van der Waals surface area (Å²) in [6.45, 7) is 4.84. The zero-order chi connectivity index (χ0) is 18.7. The van der Waals surface area contributed by atoms with E-state index in [2.05, 4.69) is 20.3 Å². The zero-order valence-electron chi connectivity index (χ0n) is 14.6. The maximum Gasteiger partial charge on any atom is 0.328 e. The molecule has 7 nitrogen and oxygen atoms in total. The summed E-state index contributed by atoms with van der Waals surface area (Å²) in [5.41, 5.74) is 1.58. The van der Waals surface area contributed by atoms with E-state index in [0.717, 1.165) is 12.0 Å². The van der Waals surface area contributed by atoms with E-state index in [1.807, 2.05) is 26.0 Å². The highest BCUT2D eigenvalue weighted by molar-refractivity contribution is 7.84. The predicted octanol–water partition coefficient (Wildman–Crippen LogP) is 2.77. The first kappa shape index (κ1) is 18.6. The monoisotopic (exact) mass is 393 g/mol. The molecule has 0 aliphatic carbocycles. The minimum absolute atomic E-state index is 0.235. The smallest absolute Gasteiger partial charge is 0.328 e. The van der Waals surface area contributed by atoms with Gasteiger partial charge >= 0.3 is 5.69 Å². The van der Waals surface area contributed by atoms with E-state index in [1.54, 1.807) is 12.1 Å². The van der Waals surface area contributed by atoms with Gasteiger partial charge in [0.15, 0.2) is 11.5 Å². The van der Waals surface area contributed by atoms with Gasteiger partial charge in [-0.25, -0.2) is 14.8 Å². The van der Waals surface area contributed by atoms with Crippen molar-refractivity contribution in [2.75, 3.05) is 17.6 Å². The summed E-state index contributed by atoms with van der Waals surface area (Å²) in [5.74, 6) is 0.965. The maximum absolute atomic E-state index is 12.5. The lowest BCUT2D eigenvalue weighted by molar-refractivity contribution is 0.674. The number of anilines is 1. The van der Waals surface area contributed by atoms with Gasteiger partial charge in [-0.15, -0.1) is 0 Å². The van der Waals surface area contributed by atoms with Crippen LogP contribution in [0.3, 0.4) is 0 Å². The molecular formula is C17H20ClN5O2S. The highest BCUT2D eigenvalue weighted by Crippen LogP contribution is 2.20. The Morgan fingerprint density at radius 3 is 2.62 bits per heavy atom. The van der Waals surface area contributed by atoms with Crippen LogP contribution < -0.4 is 11.0 Å². The number of nitrogens with one attached hydrogen (secondary N) is 2. The number of aromatic nitrogens is 4. The number of nitrogens with zero attached hydrogens (tertiary/aromatic N) is 3. The lowest BCUT2D eigenvalue weighted by Crippen LogP contribution is -2.18. The Bertz CT molecular complexity index is 997. The standard InChI is InChI=1S/C17H20ClN5O2S/c1-3-9-26(25)16-21-14(19-4-2)13-15(22-16)23(17(24)20-13)10-11-5-7-12(18)8-6-11/h5-8H,3-4,9-10H2,1-2H3,(H,20,24)(H,19,21,22). The summed E-state index contributed by atoms with van der Waals surface area (Å²) in [6, 6.07) is 7.27. The molecule has 0 fully saturated rings. The molecule has 0 aliphatic rings. The molecule has 2 heterocycles. The molecule has 1 atom stereocenters. The number of imidazole rings is 1. The predicted molar refractivity (Wildman–Crippen MR) is 104 cm³/mol. The summed E-state index contributed by atoms with van der Waals surface area (Å²) in [7, 11) is -1.31. The van der Waals surface area contributed by atoms with Gasteiger partial charge in [0.05, 0.1) is 17.3 Å². The van der Waals surface area contributed by atoms with E-state index < -0.39 is 10.8 Å². The summed E-state index contributed by atoms with van der Waals surface area (Å²) < 4.78 is 13.9. The second kappa shape index (κ2) is 8.01. The molecule has 3 rings (SSSR count). The van der Waals surface area contributed by atoms with Gasteiger partial charge in [0.2, 0.25) is 5.16 Å². The first-order valence-electron chi connectivity index (χ1n) is 8.40. The second-order valence-corrected chi connectivity index (χ2v) is 7.68. The zero-order valence-corrected chi connectivity index (χ0v) is 16.2. The summed E-state index contributed by atoms with van der Waals surface area (Å²) in [6.07, 6.45) is 0.759. The number of hydrogen-bond donors (Lipinski definition) is 2. The molecule has 1 unspecified atom stereocenters. The van der Waals surface area contributed by atoms with Crippen LogP contribution in [0, 0.1) is 0 Å². The van der Waals surface area contributed by atoms with Crippen LogP contribution in [0.1, 0.15) is 25.8 Å². The highest BCUT2D eigenvalue weighted by atomic mass is 35.5. The summed E-state index contributed by atoms with van der Waals surface area (Å²) >= 11 is 5.92. The van der Waals surface area contributed by atoms with Gasteiger partial charge in [-0.05, 0) is 31.0 Å². The quantitative estimate of drug-likeness (QED) is 0.602. The molecule has 0 radical (unpaired) electrons. The third-order valence-corrected chi connectivity index (χ3v) is 5.41. The van der Waals surface area contributed by atoms with Gasteiger partial charge in [0, 0.05) is 17.3 Å². The fourth-order valence-electron chi connectivity index (χ4n) is 2.60. The van der Waals surface area contributed by atoms with E-state index in [4.69, 9.17) is 11.6 Å². The van der Waals surface area contributed by atoms with Gasteiger partial charge in [-0.3, -0.25) is 8.78 Å². The van der Waals surface area contributed by atoms with Gasteiger partial charge < -0.3 is 10.3 Å². The van der Waals surface area contributed by atoms with E-state index in [0.29, 0.717) is 40.8 Å². The Labute approximate surface area is 158 Å². The van der Waals surface area contributed by atoms with Crippen molar-refractivity contribution in [2.45, 2.75) is 32.0 Å². The molecule has 0 amide bonds. The molecule has 0 aliphatic heterocycles. The van der Waals surface area contributed by atoms with Crippen molar-refractivity contribution in [3.05, 3.63) is 45.3 Å². The van der Waals surface area contributed by atoms with Crippen molar-refractivity contribution in [3.8, 4) is 0 Å². The summed E-state index contributed by atoms with van der Waals surface area (Å²) in [5, 5.41) is 3.98. The Kier molecular flexibility index (Phi) is 5.73. The van der Waals surface area contributed by atoms with Crippen molar-refractivity contribution in [1.82, 2.24) is 19.5 Å². The Morgan fingerprint density at radius 2 is 1.96 bits per heavy atom. The number of hydrogen-bond acceptors (Lipinski definition) is 5. The van der Waals surface area contributed by atoms with Crippen molar-refractivity contribution < 1.29 is 4.21 Å². The topological polar surface area (TPSA) is 92.7 Å². The van der Waals surface area contributed by atoms with Gasteiger partial charge in [-0.1, -0.05) is 30.7 Å². The normalized spacial score (nSPS) is 12.4. The molecule has 0 saturated heterocycles. The fraction of sp³-hybridized carbons (Fsp3) is 0.353. The van der Waals surface area contributed by atoms with Crippen LogP contribution in [0.2, 0.25) is 5.02 Å². The molecule has 0 bridgehead atoms. The molecular weight excluding hydrogens is 374 g/mol. The number of aromatic amines is 1. The molecule has 9 heteroatoms. The molecule has 0 saturated carbocycles. The molecule has 0 spiro atoms. The second-order valence-electron chi connectivity index (χ2n) is 5.78.